The second kappa shape index (κ2) is 13.8. The largest absolute Gasteiger partial charge is 0.508 e. The number of phenolic OH excluding ortho intramolecular Hbond substituents is 1. The minimum atomic E-state index is -2.81. The number of aliphatic hydroxyl groups excluding tert-OH is 1. The van der Waals surface area contributed by atoms with Crippen molar-refractivity contribution in [3.63, 3.8) is 0 Å². The van der Waals surface area contributed by atoms with Crippen LogP contribution in [0.15, 0.2) is 24.3 Å². The zero-order chi connectivity index (χ0) is 25.3. The van der Waals surface area contributed by atoms with Crippen molar-refractivity contribution in [2.24, 2.45) is 17.6 Å². The van der Waals surface area contributed by atoms with Gasteiger partial charge in [0.1, 0.15) is 11.8 Å². The predicted octanol–water partition coefficient (Wildman–Crippen LogP) is 1.69. The van der Waals surface area contributed by atoms with E-state index in [1.165, 1.54) is 12.1 Å². The Morgan fingerprint density at radius 1 is 1.12 bits per heavy atom. The molecule has 0 heterocycles. The van der Waals surface area contributed by atoms with Gasteiger partial charge in [0.2, 0.25) is 11.8 Å². The maximum absolute atomic E-state index is 12.9. The molecule has 1 saturated carbocycles. The minimum absolute atomic E-state index is 0.0879. The quantitative estimate of drug-likeness (QED) is 0.239. The Labute approximate surface area is 202 Å². The highest BCUT2D eigenvalue weighted by molar-refractivity contribution is 7.38. The first-order valence-electron chi connectivity index (χ1n) is 12.1. The van der Waals surface area contributed by atoms with Crippen LogP contribution in [0.4, 0.5) is 0 Å². The Morgan fingerprint density at radius 3 is 2.29 bits per heavy atom. The standard InChI is InChI=1S/C24H40N3O6P/c1-15(2)22(25)24(31)27-20(12-16-8-10-18(28)11-9-16)23(30)26-14-19(29)13-21(34(32)33)17-6-4-3-5-7-17/h8-11,15,17,19-22,28-29,34H,3-7,12-14,25H2,1-2H3,(H,26,30)(H,27,31)(H,32,33)/t19-,20+,21?,22+/m1/s1. The number of hydrogen-bond acceptors (Lipinski definition) is 6. The summed E-state index contributed by atoms with van der Waals surface area (Å²) in [7, 11) is -2.81. The van der Waals surface area contributed by atoms with E-state index in [-0.39, 0.29) is 37.0 Å². The maximum atomic E-state index is 12.9. The smallest absolute Gasteiger partial charge is 0.243 e. The number of phenols is 1. The summed E-state index contributed by atoms with van der Waals surface area (Å²) in [6, 6.07) is 4.61. The van der Waals surface area contributed by atoms with E-state index >= 15 is 0 Å². The summed E-state index contributed by atoms with van der Waals surface area (Å²) < 4.78 is 12.0. The Hall–Kier alpha value is -1.93. The minimum Gasteiger partial charge on any atom is -0.508 e. The van der Waals surface area contributed by atoms with Gasteiger partial charge in [0, 0.05) is 18.6 Å². The van der Waals surface area contributed by atoms with Gasteiger partial charge in [0.25, 0.3) is 0 Å². The number of amides is 2. The Morgan fingerprint density at radius 2 is 1.74 bits per heavy atom. The lowest BCUT2D eigenvalue weighted by Gasteiger charge is -2.30. The van der Waals surface area contributed by atoms with E-state index < -0.39 is 43.7 Å². The number of benzene rings is 1. The van der Waals surface area contributed by atoms with Crippen LogP contribution in [-0.4, -0.2) is 57.3 Å². The van der Waals surface area contributed by atoms with Crippen LogP contribution in [0.5, 0.6) is 5.75 Å². The first-order valence-corrected chi connectivity index (χ1v) is 13.5. The Bertz CT molecular complexity index is 813. The van der Waals surface area contributed by atoms with Crippen molar-refractivity contribution < 1.29 is 29.3 Å². The van der Waals surface area contributed by atoms with Gasteiger partial charge in [0.15, 0.2) is 8.03 Å². The van der Waals surface area contributed by atoms with E-state index in [2.05, 4.69) is 10.6 Å². The van der Waals surface area contributed by atoms with Gasteiger partial charge in [-0.2, -0.15) is 0 Å². The second-order valence-corrected chi connectivity index (χ2v) is 11.1. The molecule has 0 bridgehead atoms. The lowest BCUT2D eigenvalue weighted by molar-refractivity contribution is -0.130. The highest BCUT2D eigenvalue weighted by Crippen LogP contribution is 2.40. The molecule has 10 heteroatoms. The number of carbonyl (C=O) groups is 2. The highest BCUT2D eigenvalue weighted by atomic mass is 31.1. The SMILES string of the molecule is CC(C)[C@H](N)C(=O)N[C@@H](Cc1ccc(O)cc1)C(=O)NC[C@H](O)CC(C1CCCCC1)[PH](=O)O. The van der Waals surface area contributed by atoms with Crippen molar-refractivity contribution in [2.75, 3.05) is 6.54 Å². The molecule has 2 amide bonds. The van der Waals surface area contributed by atoms with E-state index in [9.17, 15) is 29.3 Å². The molecule has 2 rings (SSSR count). The molecule has 0 radical (unpaired) electrons. The van der Waals surface area contributed by atoms with Crippen molar-refractivity contribution in [2.45, 2.75) is 82.6 Å². The van der Waals surface area contributed by atoms with E-state index in [0.717, 1.165) is 37.7 Å². The van der Waals surface area contributed by atoms with Crippen molar-refractivity contribution in [1.29, 1.82) is 0 Å². The molecule has 192 valence electrons. The van der Waals surface area contributed by atoms with Crippen LogP contribution in [0.2, 0.25) is 0 Å². The summed E-state index contributed by atoms with van der Waals surface area (Å²) in [4.78, 5) is 35.3. The summed E-state index contributed by atoms with van der Waals surface area (Å²) in [6.45, 7) is 3.53. The van der Waals surface area contributed by atoms with Gasteiger partial charge in [-0.15, -0.1) is 0 Å². The molecule has 2 unspecified atom stereocenters. The molecule has 1 aliphatic rings. The zero-order valence-electron chi connectivity index (χ0n) is 20.1. The molecule has 0 aliphatic heterocycles. The fourth-order valence-corrected chi connectivity index (χ4v) is 5.61. The maximum Gasteiger partial charge on any atom is 0.243 e. The molecule has 7 N–H and O–H groups in total. The topological polar surface area (TPSA) is 162 Å². The number of hydrogen-bond donors (Lipinski definition) is 6. The van der Waals surface area contributed by atoms with E-state index in [1.54, 1.807) is 12.1 Å². The van der Waals surface area contributed by atoms with Crippen molar-refractivity contribution in [3.05, 3.63) is 29.8 Å². The summed E-state index contributed by atoms with van der Waals surface area (Å²) >= 11 is 0. The number of rotatable bonds is 12. The van der Waals surface area contributed by atoms with Crippen molar-refractivity contribution >= 4 is 19.8 Å². The van der Waals surface area contributed by atoms with Crippen molar-refractivity contribution in [1.82, 2.24) is 10.6 Å². The lowest BCUT2D eigenvalue weighted by atomic mass is 9.85. The fraction of sp³-hybridized carbons (Fsp3) is 0.667. The van der Waals surface area contributed by atoms with Crippen LogP contribution in [0.1, 0.15) is 57.9 Å². The summed E-state index contributed by atoms with van der Waals surface area (Å²) in [5.41, 5.74) is 6.20. The Kier molecular flexibility index (Phi) is 11.5. The van der Waals surface area contributed by atoms with Crippen LogP contribution in [-0.2, 0) is 20.6 Å². The normalized spacial score (nSPS) is 19.1. The molecule has 0 spiro atoms. The lowest BCUT2D eigenvalue weighted by Crippen LogP contribution is -2.54. The molecule has 1 aliphatic carbocycles. The average Bonchev–Trinajstić information content (AvgIpc) is 2.81. The van der Waals surface area contributed by atoms with Gasteiger partial charge >= 0.3 is 0 Å². The molecule has 5 atom stereocenters. The van der Waals surface area contributed by atoms with Gasteiger partial charge < -0.3 is 31.5 Å². The van der Waals surface area contributed by atoms with E-state index in [0.29, 0.717) is 0 Å². The molecule has 1 fully saturated rings. The first kappa shape index (κ1) is 28.3. The second-order valence-electron chi connectivity index (χ2n) is 9.68. The first-order chi connectivity index (χ1) is 16.1. The van der Waals surface area contributed by atoms with Crippen LogP contribution >= 0.6 is 8.03 Å². The third-order valence-electron chi connectivity index (χ3n) is 6.60. The average molecular weight is 498 g/mol. The van der Waals surface area contributed by atoms with Gasteiger partial charge in [0.05, 0.1) is 12.1 Å². The van der Waals surface area contributed by atoms with Crippen LogP contribution in [0.3, 0.4) is 0 Å². The molecule has 34 heavy (non-hydrogen) atoms. The molecule has 0 saturated heterocycles. The third-order valence-corrected chi connectivity index (χ3v) is 7.95. The van der Waals surface area contributed by atoms with E-state index in [4.69, 9.17) is 5.73 Å². The summed E-state index contributed by atoms with van der Waals surface area (Å²) in [6.07, 6.45) is 4.30. The van der Waals surface area contributed by atoms with Gasteiger partial charge in [-0.05, 0) is 48.8 Å². The third kappa shape index (κ3) is 9.02. The molecular formula is C24H40N3O6P. The number of nitrogens with one attached hydrogen (secondary N) is 2. The van der Waals surface area contributed by atoms with Crippen LogP contribution < -0.4 is 16.4 Å². The summed E-state index contributed by atoms with van der Waals surface area (Å²) in [5, 5.41) is 25.4. The monoisotopic (exact) mass is 497 g/mol. The summed E-state index contributed by atoms with van der Waals surface area (Å²) in [5.74, 6) is -0.838. The molecular weight excluding hydrogens is 457 g/mol. The predicted molar refractivity (Wildman–Crippen MR) is 132 cm³/mol. The van der Waals surface area contributed by atoms with Crippen LogP contribution in [0, 0.1) is 11.8 Å². The molecule has 9 nitrogen and oxygen atoms in total. The number of aromatic hydroxyl groups is 1. The zero-order valence-corrected chi connectivity index (χ0v) is 21.1. The Balaban J connectivity index is 2.00. The van der Waals surface area contributed by atoms with Gasteiger partial charge in [-0.3, -0.25) is 14.2 Å². The number of nitrogens with two attached hydrogens (primary N) is 1. The number of aliphatic hydroxyl groups is 1. The number of carbonyl (C=O) groups excluding carboxylic acids is 2. The van der Waals surface area contributed by atoms with Gasteiger partial charge in [-0.1, -0.05) is 45.2 Å². The molecule has 0 aromatic heterocycles. The highest BCUT2D eigenvalue weighted by Gasteiger charge is 2.30. The van der Waals surface area contributed by atoms with Crippen molar-refractivity contribution in [3.8, 4) is 5.75 Å². The molecule has 1 aromatic carbocycles. The molecule has 1 aromatic rings. The van der Waals surface area contributed by atoms with E-state index in [1.807, 2.05) is 13.8 Å². The van der Waals surface area contributed by atoms with Gasteiger partial charge in [-0.25, -0.2) is 0 Å². The van der Waals surface area contributed by atoms with Crippen LogP contribution in [0.25, 0.3) is 0 Å². The fourth-order valence-electron chi connectivity index (χ4n) is 4.40.